The summed E-state index contributed by atoms with van der Waals surface area (Å²) < 4.78 is 41.9. The van der Waals surface area contributed by atoms with Gasteiger partial charge in [-0.1, -0.05) is 42.5 Å². The number of carbonyl (C=O) groups excluding carboxylic acids is 1. The zero-order valence-electron chi connectivity index (χ0n) is 16.6. The van der Waals surface area contributed by atoms with Gasteiger partial charge in [0.05, 0.1) is 12.2 Å². The fraction of sp³-hybridized carbons (Fsp3) is 0.136. The van der Waals surface area contributed by atoms with Crippen LogP contribution < -0.4 is 9.62 Å². The minimum atomic E-state index is -3.93. The molecule has 0 saturated carbocycles. The largest absolute Gasteiger partial charge is 0.322 e. The van der Waals surface area contributed by atoms with Gasteiger partial charge < -0.3 is 5.32 Å². The normalized spacial score (nSPS) is 11.3. The quantitative estimate of drug-likeness (QED) is 0.622. The molecule has 0 fully saturated rings. The second-order valence-electron chi connectivity index (χ2n) is 6.77. The minimum Gasteiger partial charge on any atom is -0.322 e. The first-order valence-corrected chi connectivity index (χ1v) is 10.6. The second kappa shape index (κ2) is 9.06. The highest BCUT2D eigenvalue weighted by atomic mass is 32.2. The molecular formula is C22H22FN3O3S. The molecule has 0 atom stereocenters. The molecule has 0 aromatic heterocycles. The molecule has 1 amide bonds. The van der Waals surface area contributed by atoms with Crippen LogP contribution in [-0.4, -0.2) is 32.7 Å². The van der Waals surface area contributed by atoms with Crippen LogP contribution in [0.3, 0.4) is 0 Å². The summed E-state index contributed by atoms with van der Waals surface area (Å²) in [6.07, 6.45) is 0. The predicted octanol–water partition coefficient (Wildman–Crippen LogP) is 3.89. The number of para-hydroxylation sites is 2. The monoisotopic (exact) mass is 427 g/mol. The highest BCUT2D eigenvalue weighted by molar-refractivity contribution is 7.90. The van der Waals surface area contributed by atoms with Crippen molar-refractivity contribution in [3.05, 3.63) is 95.8 Å². The van der Waals surface area contributed by atoms with Crippen LogP contribution in [-0.2, 0) is 16.8 Å². The van der Waals surface area contributed by atoms with Crippen molar-refractivity contribution >= 4 is 27.5 Å². The zero-order chi connectivity index (χ0) is 21.7. The Bertz CT molecular complexity index is 1120. The molecule has 0 aliphatic heterocycles. The molecule has 0 aliphatic rings. The number of hydrogen-bond acceptors (Lipinski definition) is 3. The Morgan fingerprint density at radius 2 is 1.50 bits per heavy atom. The van der Waals surface area contributed by atoms with Crippen LogP contribution in [0, 0.1) is 5.82 Å². The number of rotatable bonds is 7. The number of carbonyl (C=O) groups is 1. The standard InChI is InChI=1S/C22H22FN3O3S/c1-25(2)30(28,29)26(21-11-7-6-10-20(21)23)16-17-12-14-18(15-13-17)22(27)24-19-8-4-3-5-9-19/h3-15H,16H2,1-2H3,(H,24,27). The van der Waals surface area contributed by atoms with Crippen LogP contribution in [0.15, 0.2) is 78.9 Å². The third-order valence-corrected chi connectivity index (χ3v) is 6.24. The Morgan fingerprint density at radius 3 is 2.10 bits per heavy atom. The first kappa shape index (κ1) is 21.5. The Labute approximate surface area is 175 Å². The fourth-order valence-electron chi connectivity index (χ4n) is 2.79. The maximum absolute atomic E-state index is 14.3. The molecular weight excluding hydrogens is 405 g/mol. The van der Waals surface area contributed by atoms with E-state index in [0.29, 0.717) is 16.8 Å². The average Bonchev–Trinajstić information content (AvgIpc) is 2.73. The number of benzene rings is 3. The van der Waals surface area contributed by atoms with Gasteiger partial charge in [-0.15, -0.1) is 0 Å². The smallest absolute Gasteiger partial charge is 0.303 e. The van der Waals surface area contributed by atoms with E-state index in [1.807, 2.05) is 18.2 Å². The van der Waals surface area contributed by atoms with Gasteiger partial charge in [-0.25, -0.2) is 4.39 Å². The van der Waals surface area contributed by atoms with E-state index in [1.165, 1.54) is 32.3 Å². The molecule has 0 unspecified atom stereocenters. The Kier molecular flexibility index (Phi) is 6.49. The van der Waals surface area contributed by atoms with Crippen LogP contribution in [0.4, 0.5) is 15.8 Å². The third kappa shape index (κ3) is 4.84. The van der Waals surface area contributed by atoms with Gasteiger partial charge >= 0.3 is 10.2 Å². The Hall–Kier alpha value is -3.23. The lowest BCUT2D eigenvalue weighted by Crippen LogP contribution is -2.40. The molecule has 3 rings (SSSR count). The van der Waals surface area contributed by atoms with Gasteiger partial charge in [0.2, 0.25) is 0 Å². The van der Waals surface area contributed by atoms with Gasteiger partial charge in [-0.2, -0.15) is 12.7 Å². The van der Waals surface area contributed by atoms with Crippen molar-refractivity contribution < 1.29 is 17.6 Å². The SMILES string of the molecule is CN(C)S(=O)(=O)N(Cc1ccc(C(=O)Nc2ccccc2)cc1)c1ccccc1F. The Balaban J connectivity index is 1.83. The molecule has 6 nitrogen and oxygen atoms in total. The number of hydrogen-bond donors (Lipinski definition) is 1. The van der Waals surface area contributed by atoms with Gasteiger partial charge in [-0.3, -0.25) is 9.10 Å². The van der Waals surface area contributed by atoms with Gasteiger partial charge in [0.1, 0.15) is 5.82 Å². The maximum Gasteiger partial charge on any atom is 0.303 e. The van der Waals surface area contributed by atoms with E-state index in [0.717, 1.165) is 8.61 Å². The molecule has 0 radical (unpaired) electrons. The lowest BCUT2D eigenvalue weighted by Gasteiger charge is -2.27. The predicted molar refractivity (Wildman–Crippen MR) is 116 cm³/mol. The average molecular weight is 428 g/mol. The van der Waals surface area contributed by atoms with Crippen molar-refractivity contribution in [2.24, 2.45) is 0 Å². The summed E-state index contributed by atoms with van der Waals surface area (Å²) in [5.41, 5.74) is 1.67. The van der Waals surface area contributed by atoms with E-state index >= 15 is 0 Å². The highest BCUT2D eigenvalue weighted by Gasteiger charge is 2.27. The van der Waals surface area contributed by atoms with Crippen molar-refractivity contribution in [1.82, 2.24) is 4.31 Å². The fourth-order valence-corrected chi connectivity index (χ4v) is 3.90. The molecule has 156 valence electrons. The summed E-state index contributed by atoms with van der Waals surface area (Å²) in [6.45, 7) is -0.0813. The summed E-state index contributed by atoms with van der Waals surface area (Å²) in [7, 11) is -1.15. The number of amides is 1. The van der Waals surface area contributed by atoms with Crippen LogP contribution in [0.2, 0.25) is 0 Å². The molecule has 0 saturated heterocycles. The van der Waals surface area contributed by atoms with Gasteiger partial charge in [0.15, 0.2) is 0 Å². The summed E-state index contributed by atoms with van der Waals surface area (Å²) in [4.78, 5) is 12.4. The zero-order valence-corrected chi connectivity index (χ0v) is 17.4. The van der Waals surface area contributed by atoms with Gasteiger partial charge in [-0.05, 0) is 42.0 Å². The molecule has 0 bridgehead atoms. The lowest BCUT2D eigenvalue weighted by atomic mass is 10.1. The minimum absolute atomic E-state index is 0.0444. The van der Waals surface area contributed by atoms with Crippen LogP contribution in [0.5, 0.6) is 0 Å². The van der Waals surface area contributed by atoms with Crippen molar-refractivity contribution in [3.63, 3.8) is 0 Å². The third-order valence-electron chi connectivity index (χ3n) is 4.44. The van der Waals surface area contributed by atoms with Gasteiger partial charge in [0.25, 0.3) is 5.91 Å². The second-order valence-corrected chi connectivity index (χ2v) is 8.83. The summed E-state index contributed by atoms with van der Waals surface area (Å²) >= 11 is 0. The lowest BCUT2D eigenvalue weighted by molar-refractivity contribution is 0.102. The summed E-state index contributed by atoms with van der Waals surface area (Å²) in [6, 6.07) is 21.3. The molecule has 3 aromatic carbocycles. The Morgan fingerprint density at radius 1 is 0.900 bits per heavy atom. The first-order valence-electron chi connectivity index (χ1n) is 9.19. The highest BCUT2D eigenvalue weighted by Crippen LogP contribution is 2.25. The van der Waals surface area contributed by atoms with Crippen LogP contribution >= 0.6 is 0 Å². The van der Waals surface area contributed by atoms with E-state index in [2.05, 4.69) is 5.32 Å². The molecule has 8 heteroatoms. The van der Waals surface area contributed by atoms with Crippen molar-refractivity contribution in [2.45, 2.75) is 6.54 Å². The van der Waals surface area contributed by atoms with Crippen molar-refractivity contribution in [1.29, 1.82) is 0 Å². The van der Waals surface area contributed by atoms with E-state index in [4.69, 9.17) is 0 Å². The molecule has 30 heavy (non-hydrogen) atoms. The van der Waals surface area contributed by atoms with E-state index < -0.39 is 16.0 Å². The van der Waals surface area contributed by atoms with Crippen molar-refractivity contribution in [3.8, 4) is 0 Å². The van der Waals surface area contributed by atoms with E-state index in [9.17, 15) is 17.6 Å². The van der Waals surface area contributed by atoms with Crippen LogP contribution in [0.1, 0.15) is 15.9 Å². The summed E-state index contributed by atoms with van der Waals surface area (Å²) in [5.74, 6) is -0.915. The van der Waals surface area contributed by atoms with Crippen LogP contribution in [0.25, 0.3) is 0 Å². The number of nitrogens with zero attached hydrogens (tertiary/aromatic N) is 2. The number of anilines is 2. The van der Waals surface area contributed by atoms with E-state index in [1.54, 1.807) is 42.5 Å². The molecule has 0 aliphatic carbocycles. The van der Waals surface area contributed by atoms with Crippen molar-refractivity contribution in [2.75, 3.05) is 23.7 Å². The molecule has 0 heterocycles. The number of halogens is 1. The molecule has 0 spiro atoms. The molecule has 1 N–H and O–H groups in total. The molecule has 3 aromatic rings. The first-order chi connectivity index (χ1) is 14.3. The summed E-state index contributed by atoms with van der Waals surface area (Å²) in [5, 5.41) is 2.79. The van der Waals surface area contributed by atoms with E-state index in [-0.39, 0.29) is 18.1 Å². The number of nitrogens with one attached hydrogen (secondary N) is 1. The topological polar surface area (TPSA) is 69.7 Å². The maximum atomic E-state index is 14.3. The van der Waals surface area contributed by atoms with Gasteiger partial charge in [0, 0.05) is 25.3 Å².